The average molecular weight is 380 g/mol. The van der Waals surface area contributed by atoms with Crippen molar-refractivity contribution in [2.24, 2.45) is 0 Å². The summed E-state index contributed by atoms with van der Waals surface area (Å²) >= 11 is 0. The summed E-state index contributed by atoms with van der Waals surface area (Å²) in [7, 11) is 0. The van der Waals surface area contributed by atoms with Gasteiger partial charge in [0.15, 0.2) is 0 Å². The van der Waals surface area contributed by atoms with E-state index in [0.717, 1.165) is 5.56 Å². The fourth-order valence-corrected chi connectivity index (χ4v) is 3.13. The number of hydrogen-bond donors (Lipinski definition) is 1. The van der Waals surface area contributed by atoms with E-state index in [9.17, 15) is 19.7 Å². The molecule has 2 amide bonds. The van der Waals surface area contributed by atoms with Crippen molar-refractivity contribution in [3.05, 3.63) is 82.2 Å². The molecule has 0 saturated heterocycles. The Hall–Kier alpha value is -3.55. The number of non-ortho nitro benzene ring substituents is 1. The maximum absolute atomic E-state index is 13.0. The van der Waals surface area contributed by atoms with E-state index in [2.05, 4.69) is 10.3 Å². The van der Waals surface area contributed by atoms with Crippen molar-refractivity contribution in [2.45, 2.75) is 25.4 Å². The van der Waals surface area contributed by atoms with Crippen LogP contribution in [0, 0.1) is 10.1 Å². The summed E-state index contributed by atoms with van der Waals surface area (Å²) < 4.78 is 0. The second-order valence-electron chi connectivity index (χ2n) is 6.50. The van der Waals surface area contributed by atoms with E-state index < -0.39 is 16.9 Å². The van der Waals surface area contributed by atoms with Crippen molar-refractivity contribution < 1.29 is 14.5 Å². The Bertz CT molecular complexity index is 896. The molecule has 1 aromatic carbocycles. The van der Waals surface area contributed by atoms with Gasteiger partial charge in [-0.05, 0) is 37.1 Å². The molecule has 8 heteroatoms. The zero-order valence-electron chi connectivity index (χ0n) is 15.3. The van der Waals surface area contributed by atoms with Crippen LogP contribution in [0.2, 0.25) is 0 Å². The van der Waals surface area contributed by atoms with Gasteiger partial charge < -0.3 is 10.2 Å². The molecular weight excluding hydrogens is 360 g/mol. The topological polar surface area (TPSA) is 105 Å². The number of benzene rings is 1. The number of nitro benzene ring substituents is 1. The third kappa shape index (κ3) is 4.22. The summed E-state index contributed by atoms with van der Waals surface area (Å²) in [6, 6.07) is 8.13. The van der Waals surface area contributed by atoms with Crippen molar-refractivity contribution in [2.75, 3.05) is 6.54 Å². The van der Waals surface area contributed by atoms with Gasteiger partial charge in [-0.15, -0.1) is 0 Å². The summed E-state index contributed by atoms with van der Waals surface area (Å²) in [6.45, 7) is 2.08. The summed E-state index contributed by atoms with van der Waals surface area (Å²) in [6.07, 6.45) is 8.06. The minimum absolute atomic E-state index is 0.0971. The van der Waals surface area contributed by atoms with Crippen molar-refractivity contribution in [1.82, 2.24) is 15.2 Å². The number of rotatable bonds is 5. The molecule has 2 heterocycles. The molecule has 1 aliphatic rings. The summed E-state index contributed by atoms with van der Waals surface area (Å²) in [5, 5.41) is 13.4. The first-order valence-corrected chi connectivity index (χ1v) is 8.88. The predicted octanol–water partition coefficient (Wildman–Crippen LogP) is 2.64. The number of carbonyl (C=O) groups is 2. The standard InChI is InChI=1S/C20H20N4O4/c1-14(22-19(25)15-7-9-17(10-8-15)24(27)28)20(26)23-12-3-2-6-18(23)16-5-4-11-21-13-16/h2-5,7-11,13-14,18H,6,12H2,1H3,(H,22,25)/t14-,18?/m0/s1. The number of carbonyl (C=O) groups excluding carboxylic acids is 2. The highest BCUT2D eigenvalue weighted by Gasteiger charge is 2.30. The van der Waals surface area contributed by atoms with Crippen molar-refractivity contribution in [1.29, 1.82) is 0 Å². The highest BCUT2D eigenvalue weighted by atomic mass is 16.6. The van der Waals surface area contributed by atoms with Crippen LogP contribution in [-0.2, 0) is 4.79 Å². The Labute approximate surface area is 162 Å². The number of pyridine rings is 1. The van der Waals surface area contributed by atoms with Crippen LogP contribution < -0.4 is 5.32 Å². The van der Waals surface area contributed by atoms with E-state index in [1.54, 1.807) is 24.2 Å². The van der Waals surface area contributed by atoms with E-state index in [0.29, 0.717) is 13.0 Å². The number of nitrogens with zero attached hydrogens (tertiary/aromatic N) is 3. The quantitative estimate of drug-likeness (QED) is 0.488. The SMILES string of the molecule is C[C@H](NC(=O)c1ccc([N+](=O)[O-])cc1)C(=O)N1CC=CCC1c1cccnc1. The fraction of sp³-hybridized carbons (Fsp3) is 0.250. The molecule has 0 aliphatic carbocycles. The maximum atomic E-state index is 13.0. The molecule has 3 rings (SSSR count). The Morgan fingerprint density at radius 1 is 1.25 bits per heavy atom. The summed E-state index contributed by atoms with van der Waals surface area (Å²) in [5.74, 6) is -0.658. The van der Waals surface area contributed by atoms with Gasteiger partial charge in [0.05, 0.1) is 11.0 Å². The van der Waals surface area contributed by atoms with E-state index in [4.69, 9.17) is 0 Å². The lowest BCUT2D eigenvalue weighted by Gasteiger charge is -2.35. The van der Waals surface area contributed by atoms with Crippen LogP contribution >= 0.6 is 0 Å². The lowest BCUT2D eigenvalue weighted by molar-refractivity contribution is -0.384. The van der Waals surface area contributed by atoms with Gasteiger partial charge in [0.2, 0.25) is 5.91 Å². The van der Waals surface area contributed by atoms with Crippen LogP contribution in [-0.4, -0.2) is 39.2 Å². The first kappa shape index (κ1) is 19.2. The number of amides is 2. The fourth-order valence-electron chi connectivity index (χ4n) is 3.13. The second kappa shape index (κ2) is 8.43. The Balaban J connectivity index is 1.69. The lowest BCUT2D eigenvalue weighted by Crippen LogP contribution is -2.48. The zero-order valence-corrected chi connectivity index (χ0v) is 15.3. The number of hydrogen-bond acceptors (Lipinski definition) is 5. The lowest BCUT2D eigenvalue weighted by atomic mass is 9.99. The highest BCUT2D eigenvalue weighted by molar-refractivity contribution is 5.97. The van der Waals surface area contributed by atoms with Crippen LogP contribution in [0.4, 0.5) is 5.69 Å². The molecule has 0 spiro atoms. The van der Waals surface area contributed by atoms with Gasteiger partial charge in [0, 0.05) is 36.6 Å². The molecule has 28 heavy (non-hydrogen) atoms. The molecular formula is C20H20N4O4. The predicted molar refractivity (Wildman–Crippen MR) is 102 cm³/mol. The van der Waals surface area contributed by atoms with E-state index in [1.807, 2.05) is 24.3 Å². The third-order valence-electron chi connectivity index (χ3n) is 4.61. The zero-order chi connectivity index (χ0) is 20.1. The van der Waals surface area contributed by atoms with Crippen LogP contribution in [0.15, 0.2) is 60.9 Å². The largest absolute Gasteiger partial charge is 0.341 e. The molecule has 2 atom stereocenters. The molecule has 8 nitrogen and oxygen atoms in total. The van der Waals surface area contributed by atoms with Gasteiger partial charge in [0.1, 0.15) is 6.04 Å². The Morgan fingerprint density at radius 3 is 2.64 bits per heavy atom. The molecule has 1 unspecified atom stereocenters. The number of nitro groups is 1. The summed E-state index contributed by atoms with van der Waals surface area (Å²) in [4.78, 5) is 41.4. The first-order chi connectivity index (χ1) is 13.5. The van der Waals surface area contributed by atoms with E-state index in [-0.39, 0.29) is 23.2 Å². The van der Waals surface area contributed by atoms with Gasteiger partial charge in [-0.3, -0.25) is 24.7 Å². The summed E-state index contributed by atoms with van der Waals surface area (Å²) in [5.41, 5.74) is 1.10. The molecule has 2 aromatic rings. The Morgan fingerprint density at radius 2 is 2.00 bits per heavy atom. The minimum Gasteiger partial charge on any atom is -0.341 e. The molecule has 1 N–H and O–H groups in total. The molecule has 1 aliphatic heterocycles. The maximum Gasteiger partial charge on any atom is 0.269 e. The monoisotopic (exact) mass is 380 g/mol. The molecule has 0 radical (unpaired) electrons. The van der Waals surface area contributed by atoms with Gasteiger partial charge in [-0.25, -0.2) is 0 Å². The molecule has 0 bridgehead atoms. The Kier molecular flexibility index (Phi) is 5.78. The molecule has 1 aromatic heterocycles. The average Bonchev–Trinajstić information content (AvgIpc) is 2.73. The van der Waals surface area contributed by atoms with Gasteiger partial charge >= 0.3 is 0 Å². The molecule has 0 saturated carbocycles. The van der Waals surface area contributed by atoms with Crippen LogP contribution in [0.5, 0.6) is 0 Å². The number of nitrogens with one attached hydrogen (secondary N) is 1. The van der Waals surface area contributed by atoms with Gasteiger partial charge in [0.25, 0.3) is 11.6 Å². The van der Waals surface area contributed by atoms with E-state index >= 15 is 0 Å². The van der Waals surface area contributed by atoms with Crippen LogP contribution in [0.25, 0.3) is 0 Å². The number of aromatic nitrogens is 1. The van der Waals surface area contributed by atoms with Gasteiger partial charge in [-0.2, -0.15) is 0 Å². The second-order valence-corrected chi connectivity index (χ2v) is 6.50. The van der Waals surface area contributed by atoms with Crippen molar-refractivity contribution >= 4 is 17.5 Å². The minimum atomic E-state index is -0.742. The smallest absolute Gasteiger partial charge is 0.269 e. The first-order valence-electron chi connectivity index (χ1n) is 8.88. The van der Waals surface area contributed by atoms with Crippen LogP contribution in [0.3, 0.4) is 0 Å². The highest BCUT2D eigenvalue weighted by Crippen LogP contribution is 2.27. The van der Waals surface area contributed by atoms with Crippen LogP contribution in [0.1, 0.15) is 35.3 Å². The van der Waals surface area contributed by atoms with E-state index in [1.165, 1.54) is 24.3 Å². The molecule has 0 fully saturated rings. The molecule has 144 valence electrons. The van der Waals surface area contributed by atoms with Crippen molar-refractivity contribution in [3.63, 3.8) is 0 Å². The normalized spacial score (nSPS) is 17.0. The van der Waals surface area contributed by atoms with Crippen molar-refractivity contribution in [3.8, 4) is 0 Å². The third-order valence-corrected chi connectivity index (χ3v) is 4.61. The van der Waals surface area contributed by atoms with Gasteiger partial charge in [-0.1, -0.05) is 18.2 Å².